The smallest absolute Gasteiger partial charge is 0.164 e. The third-order valence-corrected chi connectivity index (χ3v) is 9.80. The van der Waals surface area contributed by atoms with E-state index in [1.54, 1.807) is 0 Å². The van der Waals surface area contributed by atoms with Crippen molar-refractivity contribution in [2.24, 2.45) is 0 Å². The number of nitrogens with zero attached hydrogens (tertiary/aromatic N) is 3. The Hall–Kier alpha value is -7.23. The average molecular weight is 690 g/mol. The van der Waals surface area contributed by atoms with Crippen molar-refractivity contribution in [2.75, 3.05) is 0 Å². The Kier molecular flexibility index (Phi) is 8.94. The molecule has 3 nitrogen and oxygen atoms in total. The van der Waals surface area contributed by atoms with Crippen LogP contribution in [0.5, 0.6) is 0 Å². The van der Waals surface area contributed by atoms with Crippen molar-refractivity contribution in [2.45, 2.75) is 0 Å². The molecule has 0 spiro atoms. The van der Waals surface area contributed by atoms with Gasteiger partial charge < -0.3 is 0 Å². The summed E-state index contributed by atoms with van der Waals surface area (Å²) in [5, 5.41) is 0. The minimum absolute atomic E-state index is 0.627. The van der Waals surface area contributed by atoms with Gasteiger partial charge in [0.15, 0.2) is 17.5 Å². The summed E-state index contributed by atoms with van der Waals surface area (Å²) >= 11 is 0. The summed E-state index contributed by atoms with van der Waals surface area (Å²) in [5.41, 5.74) is 14.4. The fourth-order valence-electron chi connectivity index (χ4n) is 6.93. The predicted octanol–water partition coefficient (Wildman–Crippen LogP) is 13.2. The van der Waals surface area contributed by atoms with E-state index in [2.05, 4.69) is 200 Å². The van der Waals surface area contributed by atoms with E-state index in [0.29, 0.717) is 17.5 Å². The van der Waals surface area contributed by atoms with Crippen LogP contribution in [-0.4, -0.2) is 15.0 Å². The molecule has 0 N–H and O–H groups in total. The van der Waals surface area contributed by atoms with Crippen molar-refractivity contribution in [3.05, 3.63) is 212 Å². The first kappa shape index (κ1) is 32.7. The van der Waals surface area contributed by atoms with Gasteiger partial charge in [0.2, 0.25) is 0 Å². The molecule has 9 rings (SSSR count). The first-order valence-electron chi connectivity index (χ1n) is 18.2. The summed E-state index contributed by atoms with van der Waals surface area (Å²) in [4.78, 5) is 15.2. The molecule has 0 unspecified atom stereocenters. The zero-order valence-corrected chi connectivity index (χ0v) is 29.5. The molecule has 8 aromatic carbocycles. The van der Waals surface area contributed by atoms with Gasteiger partial charge in [0.25, 0.3) is 0 Å². The molecular formula is C51H35N3. The van der Waals surface area contributed by atoms with Crippen molar-refractivity contribution >= 4 is 0 Å². The molecular weight excluding hydrogens is 655 g/mol. The highest BCUT2D eigenvalue weighted by Gasteiger charge is 2.15. The molecule has 0 saturated carbocycles. The second kappa shape index (κ2) is 14.8. The minimum atomic E-state index is 0.627. The molecule has 0 bridgehead atoms. The molecule has 0 atom stereocenters. The lowest BCUT2D eigenvalue weighted by Gasteiger charge is -2.12. The third-order valence-electron chi connectivity index (χ3n) is 9.80. The Morgan fingerprint density at radius 3 is 0.926 bits per heavy atom. The molecule has 9 aromatic rings. The van der Waals surface area contributed by atoms with Gasteiger partial charge in [0.1, 0.15) is 0 Å². The molecule has 0 amide bonds. The van der Waals surface area contributed by atoms with Gasteiger partial charge in [0.05, 0.1) is 0 Å². The van der Waals surface area contributed by atoms with Crippen LogP contribution in [0.3, 0.4) is 0 Å². The van der Waals surface area contributed by atoms with E-state index < -0.39 is 0 Å². The highest BCUT2D eigenvalue weighted by Crippen LogP contribution is 2.34. The van der Waals surface area contributed by atoms with Crippen LogP contribution < -0.4 is 0 Å². The highest BCUT2D eigenvalue weighted by atomic mass is 15.0. The lowest BCUT2D eigenvalue weighted by molar-refractivity contribution is 1.07. The van der Waals surface area contributed by atoms with E-state index in [1.165, 1.54) is 33.4 Å². The summed E-state index contributed by atoms with van der Waals surface area (Å²) in [6.45, 7) is 0. The van der Waals surface area contributed by atoms with E-state index in [-0.39, 0.29) is 0 Å². The summed E-state index contributed by atoms with van der Waals surface area (Å²) in [6, 6.07) is 74.1. The Labute approximate surface area is 316 Å². The second-order valence-electron chi connectivity index (χ2n) is 13.3. The third kappa shape index (κ3) is 6.87. The molecule has 1 heterocycles. The topological polar surface area (TPSA) is 38.7 Å². The largest absolute Gasteiger partial charge is 0.208 e. The molecule has 54 heavy (non-hydrogen) atoms. The maximum absolute atomic E-state index is 5.10. The molecule has 0 radical (unpaired) electrons. The van der Waals surface area contributed by atoms with Crippen LogP contribution in [0, 0.1) is 0 Å². The predicted molar refractivity (Wildman–Crippen MR) is 223 cm³/mol. The summed E-state index contributed by atoms with van der Waals surface area (Å²) < 4.78 is 0. The molecule has 254 valence electrons. The van der Waals surface area contributed by atoms with Crippen LogP contribution in [0.2, 0.25) is 0 Å². The van der Waals surface area contributed by atoms with Crippen LogP contribution in [0.4, 0.5) is 0 Å². The summed E-state index contributed by atoms with van der Waals surface area (Å²) in [6.07, 6.45) is 0. The van der Waals surface area contributed by atoms with Gasteiger partial charge in [-0.1, -0.05) is 206 Å². The van der Waals surface area contributed by atoms with Crippen LogP contribution >= 0.6 is 0 Å². The van der Waals surface area contributed by atoms with E-state index >= 15 is 0 Å². The van der Waals surface area contributed by atoms with Crippen molar-refractivity contribution in [3.8, 4) is 89.8 Å². The fourth-order valence-corrected chi connectivity index (χ4v) is 6.93. The zero-order valence-electron chi connectivity index (χ0n) is 29.5. The second-order valence-corrected chi connectivity index (χ2v) is 13.3. The maximum Gasteiger partial charge on any atom is 0.164 e. The van der Waals surface area contributed by atoms with Crippen LogP contribution in [0.15, 0.2) is 212 Å². The molecule has 0 fully saturated rings. The summed E-state index contributed by atoms with van der Waals surface area (Å²) in [7, 11) is 0. The fraction of sp³-hybridized carbons (Fsp3) is 0. The molecule has 0 aliphatic carbocycles. The molecule has 1 aromatic heterocycles. The zero-order chi connectivity index (χ0) is 36.1. The number of rotatable bonds is 8. The van der Waals surface area contributed by atoms with Crippen molar-refractivity contribution < 1.29 is 0 Å². The van der Waals surface area contributed by atoms with E-state index in [9.17, 15) is 0 Å². The number of aromatic nitrogens is 3. The van der Waals surface area contributed by atoms with Gasteiger partial charge in [0, 0.05) is 16.7 Å². The van der Waals surface area contributed by atoms with Gasteiger partial charge in [-0.2, -0.15) is 0 Å². The normalized spacial score (nSPS) is 11.0. The van der Waals surface area contributed by atoms with Gasteiger partial charge in [-0.25, -0.2) is 15.0 Å². The van der Waals surface area contributed by atoms with Gasteiger partial charge in [-0.05, 0) is 61.7 Å². The monoisotopic (exact) mass is 689 g/mol. The van der Waals surface area contributed by atoms with Gasteiger partial charge in [-0.3, -0.25) is 0 Å². The Balaban J connectivity index is 1.10. The van der Waals surface area contributed by atoms with Crippen LogP contribution in [-0.2, 0) is 0 Å². The average Bonchev–Trinajstić information content (AvgIpc) is 3.27. The molecule has 3 heteroatoms. The number of hydrogen-bond acceptors (Lipinski definition) is 3. The lowest BCUT2D eigenvalue weighted by Crippen LogP contribution is -2.00. The van der Waals surface area contributed by atoms with E-state index in [0.717, 1.165) is 38.9 Å². The van der Waals surface area contributed by atoms with Gasteiger partial charge >= 0.3 is 0 Å². The van der Waals surface area contributed by atoms with Gasteiger partial charge in [-0.15, -0.1) is 0 Å². The molecule has 0 aliphatic heterocycles. The first-order chi connectivity index (χ1) is 26.7. The number of hydrogen-bond donors (Lipinski definition) is 0. The Morgan fingerprint density at radius 2 is 0.463 bits per heavy atom. The van der Waals surface area contributed by atoms with Crippen molar-refractivity contribution in [1.82, 2.24) is 15.0 Å². The summed E-state index contributed by atoms with van der Waals surface area (Å²) in [5.74, 6) is 1.89. The first-order valence-corrected chi connectivity index (χ1v) is 18.2. The van der Waals surface area contributed by atoms with E-state index in [1.807, 2.05) is 12.1 Å². The Bertz CT molecular complexity index is 2650. The Morgan fingerprint density at radius 1 is 0.185 bits per heavy atom. The highest BCUT2D eigenvalue weighted by molar-refractivity contribution is 5.84. The standard InChI is InChI=1S/C51H35N3/c1-4-13-36(14-5-1)38-23-25-40(26-24-38)45-19-12-20-46(35-45)51-53-49(43-31-27-39(28-32-43)37-15-6-2-7-16-37)52-50(54-51)44-33-29-42(30-34-44)48-22-11-10-21-47(48)41-17-8-3-9-18-41/h1-35H. The SMILES string of the molecule is c1ccc(-c2ccc(-c3cccc(-c4nc(-c5ccc(-c6ccccc6)cc5)nc(-c5ccc(-c6ccccc6-c6ccccc6)cc5)n4)c3)cc2)cc1. The van der Waals surface area contributed by atoms with E-state index in [4.69, 9.17) is 15.0 Å². The quantitative estimate of drug-likeness (QED) is 0.159. The minimum Gasteiger partial charge on any atom is -0.208 e. The van der Waals surface area contributed by atoms with Crippen molar-refractivity contribution in [3.63, 3.8) is 0 Å². The number of benzene rings is 8. The lowest BCUT2D eigenvalue weighted by atomic mass is 9.94. The van der Waals surface area contributed by atoms with Crippen LogP contribution in [0.1, 0.15) is 0 Å². The molecule has 0 saturated heterocycles. The molecule has 0 aliphatic rings. The maximum atomic E-state index is 5.10. The van der Waals surface area contributed by atoms with Crippen LogP contribution in [0.25, 0.3) is 89.8 Å². The van der Waals surface area contributed by atoms with Crippen molar-refractivity contribution in [1.29, 1.82) is 0 Å².